The molecule has 2 heterocycles. The molecule has 0 atom stereocenters. The molecular formula is C13H15N3O3. The van der Waals surface area contributed by atoms with E-state index in [1.54, 1.807) is 12.1 Å². The maximum absolute atomic E-state index is 12.2. The van der Waals surface area contributed by atoms with Gasteiger partial charge in [0.2, 0.25) is 11.8 Å². The predicted molar refractivity (Wildman–Crippen MR) is 69.7 cm³/mol. The van der Waals surface area contributed by atoms with Gasteiger partial charge in [-0.1, -0.05) is 0 Å². The molecule has 0 aliphatic carbocycles. The summed E-state index contributed by atoms with van der Waals surface area (Å²) in [4.78, 5) is 23.4. The van der Waals surface area contributed by atoms with Crippen molar-refractivity contribution < 1.29 is 14.3 Å². The van der Waals surface area contributed by atoms with Gasteiger partial charge in [0.25, 0.3) is 0 Å². The number of anilines is 2. The van der Waals surface area contributed by atoms with Gasteiger partial charge < -0.3 is 21.1 Å². The Morgan fingerprint density at radius 3 is 2.89 bits per heavy atom. The molecule has 0 unspecified atom stereocenters. The highest BCUT2D eigenvalue weighted by molar-refractivity contribution is 6.01. The van der Waals surface area contributed by atoms with Crippen molar-refractivity contribution in [3.05, 3.63) is 23.8 Å². The van der Waals surface area contributed by atoms with Crippen molar-refractivity contribution in [3.63, 3.8) is 0 Å². The van der Waals surface area contributed by atoms with Crippen molar-refractivity contribution in [1.82, 2.24) is 0 Å². The first-order valence-electron chi connectivity index (χ1n) is 6.15. The van der Waals surface area contributed by atoms with E-state index in [1.807, 2.05) is 6.07 Å². The Morgan fingerprint density at radius 2 is 2.26 bits per heavy atom. The predicted octanol–water partition coefficient (Wildman–Crippen LogP) is 0.0950. The van der Waals surface area contributed by atoms with Crippen LogP contribution in [-0.2, 0) is 20.7 Å². The highest BCUT2D eigenvalue weighted by Gasteiger charge is 2.44. The minimum Gasteiger partial charge on any atom is -0.379 e. The van der Waals surface area contributed by atoms with Crippen LogP contribution >= 0.6 is 0 Å². The average molecular weight is 261 g/mol. The fourth-order valence-electron chi connectivity index (χ4n) is 2.26. The third-order valence-electron chi connectivity index (χ3n) is 3.62. The second-order valence-corrected chi connectivity index (χ2v) is 5.03. The molecule has 1 aromatic carbocycles. The van der Waals surface area contributed by atoms with Gasteiger partial charge in [-0.3, -0.25) is 9.59 Å². The van der Waals surface area contributed by atoms with Crippen LogP contribution in [0.15, 0.2) is 18.2 Å². The van der Waals surface area contributed by atoms with Crippen LogP contribution in [0.5, 0.6) is 0 Å². The first-order valence-corrected chi connectivity index (χ1v) is 6.15. The number of carbonyl (C=O) groups is 2. The molecule has 19 heavy (non-hydrogen) atoms. The second kappa shape index (κ2) is 4.32. The van der Waals surface area contributed by atoms with E-state index in [4.69, 9.17) is 10.5 Å². The zero-order valence-corrected chi connectivity index (χ0v) is 10.4. The standard InChI is InChI=1S/C13H15N3O3/c14-5-13(6-19-7-13)12(18)15-9-1-2-10-8(3-9)4-11(17)16-10/h1-3H,4-7,14H2,(H,15,18)(H,16,17). The zero-order chi connectivity index (χ0) is 13.5. The number of hydrogen-bond donors (Lipinski definition) is 3. The second-order valence-electron chi connectivity index (χ2n) is 5.03. The third kappa shape index (κ3) is 1.98. The summed E-state index contributed by atoms with van der Waals surface area (Å²) in [5.74, 6) is -0.150. The van der Waals surface area contributed by atoms with E-state index < -0.39 is 5.41 Å². The molecular weight excluding hydrogens is 246 g/mol. The molecule has 6 heteroatoms. The molecule has 0 radical (unpaired) electrons. The summed E-state index contributed by atoms with van der Waals surface area (Å²) in [7, 11) is 0. The van der Waals surface area contributed by atoms with Crippen molar-refractivity contribution >= 4 is 23.2 Å². The molecule has 0 bridgehead atoms. The van der Waals surface area contributed by atoms with Crippen molar-refractivity contribution in [2.75, 3.05) is 30.4 Å². The van der Waals surface area contributed by atoms with E-state index in [2.05, 4.69) is 10.6 Å². The van der Waals surface area contributed by atoms with E-state index in [9.17, 15) is 9.59 Å². The number of ether oxygens (including phenoxy) is 1. The number of carbonyl (C=O) groups excluding carboxylic acids is 2. The van der Waals surface area contributed by atoms with Crippen molar-refractivity contribution in [3.8, 4) is 0 Å². The highest BCUT2D eigenvalue weighted by Crippen LogP contribution is 2.30. The van der Waals surface area contributed by atoms with Gasteiger partial charge in [0, 0.05) is 17.9 Å². The van der Waals surface area contributed by atoms with Gasteiger partial charge >= 0.3 is 0 Å². The van der Waals surface area contributed by atoms with Gasteiger partial charge in [0.05, 0.1) is 19.6 Å². The SMILES string of the molecule is NCC1(C(=O)Nc2ccc3c(c2)CC(=O)N3)COC1. The maximum Gasteiger partial charge on any atom is 0.236 e. The smallest absolute Gasteiger partial charge is 0.236 e. The Labute approximate surface area is 110 Å². The number of rotatable bonds is 3. The number of benzene rings is 1. The van der Waals surface area contributed by atoms with Crippen LogP contribution in [0.4, 0.5) is 11.4 Å². The molecule has 1 fully saturated rings. The van der Waals surface area contributed by atoms with E-state index in [1.165, 1.54) is 0 Å². The third-order valence-corrected chi connectivity index (χ3v) is 3.62. The van der Waals surface area contributed by atoms with Crippen LogP contribution in [-0.4, -0.2) is 31.6 Å². The van der Waals surface area contributed by atoms with Crippen LogP contribution in [0.25, 0.3) is 0 Å². The van der Waals surface area contributed by atoms with Gasteiger partial charge in [0.1, 0.15) is 5.41 Å². The number of fused-ring (bicyclic) bond motifs is 1. The van der Waals surface area contributed by atoms with Gasteiger partial charge in [0.15, 0.2) is 0 Å². The zero-order valence-electron chi connectivity index (χ0n) is 10.4. The van der Waals surface area contributed by atoms with E-state index in [-0.39, 0.29) is 18.4 Å². The highest BCUT2D eigenvalue weighted by atomic mass is 16.5. The number of amides is 2. The Hall–Kier alpha value is -1.92. The van der Waals surface area contributed by atoms with Gasteiger partial charge in [-0.15, -0.1) is 0 Å². The van der Waals surface area contributed by atoms with Crippen LogP contribution < -0.4 is 16.4 Å². The lowest BCUT2D eigenvalue weighted by Crippen LogP contribution is -2.56. The fourth-order valence-corrected chi connectivity index (χ4v) is 2.26. The molecule has 6 nitrogen and oxygen atoms in total. The molecule has 0 saturated carbocycles. The molecule has 2 aliphatic heterocycles. The Bertz CT molecular complexity index is 547. The summed E-state index contributed by atoms with van der Waals surface area (Å²) < 4.78 is 5.08. The summed E-state index contributed by atoms with van der Waals surface area (Å²) in [6.45, 7) is 0.991. The Balaban J connectivity index is 1.76. The first-order chi connectivity index (χ1) is 9.13. The summed E-state index contributed by atoms with van der Waals surface area (Å²) in [5, 5.41) is 5.59. The molecule has 0 spiro atoms. The van der Waals surface area contributed by atoms with E-state index in [0.29, 0.717) is 25.3 Å². The average Bonchev–Trinajstić information content (AvgIpc) is 2.67. The topological polar surface area (TPSA) is 93.5 Å². The number of nitrogens with two attached hydrogens (primary N) is 1. The van der Waals surface area contributed by atoms with Crippen LogP contribution in [0.2, 0.25) is 0 Å². The van der Waals surface area contributed by atoms with Crippen molar-refractivity contribution in [2.24, 2.45) is 11.1 Å². The van der Waals surface area contributed by atoms with Crippen LogP contribution in [0.3, 0.4) is 0 Å². The van der Waals surface area contributed by atoms with Crippen molar-refractivity contribution in [1.29, 1.82) is 0 Å². The molecule has 1 saturated heterocycles. The summed E-state index contributed by atoms with van der Waals surface area (Å²) in [6, 6.07) is 5.38. The van der Waals surface area contributed by atoms with Crippen LogP contribution in [0, 0.1) is 5.41 Å². The monoisotopic (exact) mass is 261 g/mol. The minimum absolute atomic E-state index is 0.0238. The fraction of sp³-hybridized carbons (Fsp3) is 0.385. The maximum atomic E-state index is 12.2. The van der Waals surface area contributed by atoms with Gasteiger partial charge in [-0.2, -0.15) is 0 Å². The van der Waals surface area contributed by atoms with Crippen LogP contribution in [0.1, 0.15) is 5.56 Å². The summed E-state index contributed by atoms with van der Waals surface area (Å²) in [6.07, 6.45) is 0.351. The molecule has 0 aromatic heterocycles. The Morgan fingerprint density at radius 1 is 1.47 bits per heavy atom. The number of nitrogens with one attached hydrogen (secondary N) is 2. The minimum atomic E-state index is -0.604. The quantitative estimate of drug-likeness (QED) is 0.719. The molecule has 1 aromatic rings. The lowest BCUT2D eigenvalue weighted by atomic mass is 9.85. The Kier molecular flexibility index (Phi) is 2.76. The molecule has 2 amide bonds. The molecule has 3 rings (SSSR count). The number of hydrogen-bond acceptors (Lipinski definition) is 4. The summed E-state index contributed by atoms with van der Waals surface area (Å²) >= 11 is 0. The molecule has 100 valence electrons. The van der Waals surface area contributed by atoms with E-state index >= 15 is 0 Å². The normalized spacial score (nSPS) is 19.3. The van der Waals surface area contributed by atoms with Crippen molar-refractivity contribution in [2.45, 2.75) is 6.42 Å². The van der Waals surface area contributed by atoms with E-state index in [0.717, 1.165) is 11.3 Å². The molecule has 4 N–H and O–H groups in total. The molecule has 2 aliphatic rings. The largest absolute Gasteiger partial charge is 0.379 e. The van der Waals surface area contributed by atoms with Gasteiger partial charge in [-0.25, -0.2) is 0 Å². The van der Waals surface area contributed by atoms with Gasteiger partial charge in [-0.05, 0) is 23.8 Å². The summed E-state index contributed by atoms with van der Waals surface area (Å²) in [5.41, 5.74) is 7.42. The lowest BCUT2D eigenvalue weighted by molar-refractivity contribution is -0.153. The first kappa shape index (κ1) is 12.1. The lowest BCUT2D eigenvalue weighted by Gasteiger charge is -2.38.